The molecule has 1 aromatic heterocycles. The number of aromatic nitrogens is 2. The lowest BCUT2D eigenvalue weighted by atomic mass is 9.93. The van der Waals surface area contributed by atoms with Crippen LogP contribution in [0.15, 0.2) is 18.2 Å². The Balaban J connectivity index is 1.64. The van der Waals surface area contributed by atoms with Crippen molar-refractivity contribution in [2.24, 2.45) is 5.92 Å². The van der Waals surface area contributed by atoms with Crippen LogP contribution in [0.2, 0.25) is 0 Å². The van der Waals surface area contributed by atoms with Crippen LogP contribution in [-0.2, 0) is 29.2 Å². The van der Waals surface area contributed by atoms with Crippen LogP contribution < -0.4 is 5.32 Å². The Morgan fingerprint density at radius 3 is 2.95 bits per heavy atom. The standard InChI is InChI=1S/C16H22N4O2/c1-12(21)17-10-14-9-15-11-19(7-8-20(15)18-14)16(22)13-5-3-2-4-6-13/h2-3,9,13H,4-8,10-11H2,1H3,(H,17,21)/t13-/m1/s1. The minimum Gasteiger partial charge on any atom is -0.351 e. The first-order valence-electron chi connectivity index (χ1n) is 7.87. The highest BCUT2D eigenvalue weighted by atomic mass is 16.2. The lowest BCUT2D eigenvalue weighted by Gasteiger charge is -2.31. The molecule has 1 aromatic rings. The number of carbonyl (C=O) groups is 2. The fourth-order valence-electron chi connectivity index (χ4n) is 3.09. The first kappa shape index (κ1) is 14.8. The summed E-state index contributed by atoms with van der Waals surface area (Å²) in [7, 11) is 0. The number of nitrogens with one attached hydrogen (secondary N) is 1. The second kappa shape index (κ2) is 6.34. The van der Waals surface area contributed by atoms with Crippen LogP contribution in [0.25, 0.3) is 0 Å². The van der Waals surface area contributed by atoms with Crippen molar-refractivity contribution in [3.63, 3.8) is 0 Å². The van der Waals surface area contributed by atoms with E-state index in [4.69, 9.17) is 0 Å². The van der Waals surface area contributed by atoms with Crippen molar-refractivity contribution >= 4 is 11.8 Å². The van der Waals surface area contributed by atoms with Gasteiger partial charge in [-0.1, -0.05) is 12.2 Å². The van der Waals surface area contributed by atoms with E-state index in [0.29, 0.717) is 19.6 Å². The predicted molar refractivity (Wildman–Crippen MR) is 81.6 cm³/mol. The first-order valence-corrected chi connectivity index (χ1v) is 7.87. The van der Waals surface area contributed by atoms with Gasteiger partial charge in [0, 0.05) is 19.4 Å². The largest absolute Gasteiger partial charge is 0.351 e. The lowest BCUT2D eigenvalue weighted by molar-refractivity contribution is -0.137. The van der Waals surface area contributed by atoms with Gasteiger partial charge >= 0.3 is 0 Å². The molecule has 0 radical (unpaired) electrons. The second-order valence-corrected chi connectivity index (χ2v) is 6.00. The van der Waals surface area contributed by atoms with E-state index in [-0.39, 0.29) is 17.7 Å². The van der Waals surface area contributed by atoms with Gasteiger partial charge in [0.2, 0.25) is 11.8 Å². The van der Waals surface area contributed by atoms with E-state index in [1.165, 1.54) is 6.92 Å². The van der Waals surface area contributed by atoms with E-state index in [1.54, 1.807) is 0 Å². The Labute approximate surface area is 130 Å². The van der Waals surface area contributed by atoms with Crippen molar-refractivity contribution in [2.75, 3.05) is 6.54 Å². The Morgan fingerprint density at radius 2 is 2.23 bits per heavy atom. The van der Waals surface area contributed by atoms with Gasteiger partial charge in [-0.2, -0.15) is 5.10 Å². The molecule has 22 heavy (non-hydrogen) atoms. The molecule has 3 rings (SSSR count). The Morgan fingerprint density at radius 1 is 1.36 bits per heavy atom. The van der Waals surface area contributed by atoms with Crippen molar-refractivity contribution in [3.8, 4) is 0 Å². The van der Waals surface area contributed by atoms with E-state index >= 15 is 0 Å². The minimum absolute atomic E-state index is 0.0619. The van der Waals surface area contributed by atoms with Gasteiger partial charge in [-0.05, 0) is 25.3 Å². The molecule has 1 atom stereocenters. The third kappa shape index (κ3) is 3.21. The van der Waals surface area contributed by atoms with Gasteiger partial charge in [0.25, 0.3) is 0 Å². The van der Waals surface area contributed by atoms with E-state index in [0.717, 1.165) is 37.2 Å². The van der Waals surface area contributed by atoms with Gasteiger partial charge < -0.3 is 10.2 Å². The monoisotopic (exact) mass is 302 g/mol. The highest BCUT2D eigenvalue weighted by molar-refractivity contribution is 5.79. The molecule has 1 N–H and O–H groups in total. The number of carbonyl (C=O) groups excluding carboxylic acids is 2. The molecule has 0 fully saturated rings. The molecule has 6 nitrogen and oxygen atoms in total. The summed E-state index contributed by atoms with van der Waals surface area (Å²) < 4.78 is 1.95. The Hall–Kier alpha value is -2.11. The SMILES string of the molecule is CC(=O)NCc1cc2n(n1)CCN(C(=O)[C@@H]1CC=CCC1)C2. The predicted octanol–water partition coefficient (Wildman–Crippen LogP) is 1.22. The number of nitrogens with zero attached hydrogens (tertiary/aromatic N) is 3. The normalized spacial score (nSPS) is 20.6. The smallest absolute Gasteiger partial charge is 0.226 e. The van der Waals surface area contributed by atoms with Crippen LogP contribution in [0, 0.1) is 5.92 Å². The number of allylic oxidation sites excluding steroid dienone is 2. The number of rotatable bonds is 3. The summed E-state index contributed by atoms with van der Waals surface area (Å²) in [5.74, 6) is 0.340. The maximum absolute atomic E-state index is 12.6. The zero-order valence-corrected chi connectivity index (χ0v) is 12.9. The molecule has 0 spiro atoms. The second-order valence-electron chi connectivity index (χ2n) is 6.00. The maximum Gasteiger partial charge on any atom is 0.226 e. The zero-order chi connectivity index (χ0) is 15.5. The van der Waals surface area contributed by atoms with Crippen molar-refractivity contribution in [1.29, 1.82) is 0 Å². The molecular weight excluding hydrogens is 280 g/mol. The summed E-state index contributed by atoms with van der Waals surface area (Å²) in [4.78, 5) is 25.5. The minimum atomic E-state index is -0.0619. The number of amides is 2. The van der Waals surface area contributed by atoms with Crippen molar-refractivity contribution < 1.29 is 9.59 Å². The van der Waals surface area contributed by atoms with E-state index < -0.39 is 0 Å². The number of hydrogen-bond acceptors (Lipinski definition) is 3. The summed E-state index contributed by atoms with van der Waals surface area (Å²) in [5, 5.41) is 7.24. The van der Waals surface area contributed by atoms with Gasteiger partial charge in [0.05, 0.1) is 31.0 Å². The number of fused-ring (bicyclic) bond motifs is 1. The molecule has 0 aromatic carbocycles. The van der Waals surface area contributed by atoms with Gasteiger partial charge in [0.1, 0.15) is 0 Å². The summed E-state index contributed by atoms with van der Waals surface area (Å²) in [5.41, 5.74) is 1.89. The molecular formula is C16H22N4O2. The molecule has 0 bridgehead atoms. The third-order valence-corrected chi connectivity index (χ3v) is 4.30. The number of hydrogen-bond donors (Lipinski definition) is 1. The topological polar surface area (TPSA) is 67.2 Å². The van der Waals surface area contributed by atoms with Gasteiger partial charge in [0.15, 0.2) is 0 Å². The fourth-order valence-corrected chi connectivity index (χ4v) is 3.09. The molecule has 6 heteroatoms. The molecule has 2 aliphatic rings. The average Bonchev–Trinajstić information content (AvgIpc) is 2.95. The van der Waals surface area contributed by atoms with Crippen LogP contribution in [-0.4, -0.2) is 33.0 Å². The van der Waals surface area contributed by atoms with Crippen LogP contribution in [0.1, 0.15) is 37.6 Å². The lowest BCUT2D eigenvalue weighted by Crippen LogP contribution is -2.41. The van der Waals surface area contributed by atoms with Crippen LogP contribution in [0.4, 0.5) is 0 Å². The molecule has 1 aliphatic heterocycles. The molecule has 118 valence electrons. The maximum atomic E-state index is 12.6. The summed E-state index contributed by atoms with van der Waals surface area (Å²) in [6, 6.07) is 1.98. The van der Waals surface area contributed by atoms with Gasteiger partial charge in [-0.15, -0.1) is 0 Å². The molecule has 2 heterocycles. The van der Waals surface area contributed by atoms with Crippen molar-refractivity contribution in [2.45, 2.75) is 45.8 Å². The third-order valence-electron chi connectivity index (χ3n) is 4.30. The van der Waals surface area contributed by atoms with Gasteiger partial charge in [-0.25, -0.2) is 0 Å². The Kier molecular flexibility index (Phi) is 4.27. The van der Waals surface area contributed by atoms with E-state index in [2.05, 4.69) is 22.6 Å². The molecule has 0 saturated carbocycles. The van der Waals surface area contributed by atoms with Crippen LogP contribution in [0.3, 0.4) is 0 Å². The average molecular weight is 302 g/mol. The van der Waals surface area contributed by atoms with Crippen LogP contribution >= 0.6 is 0 Å². The highest BCUT2D eigenvalue weighted by Gasteiger charge is 2.27. The summed E-state index contributed by atoms with van der Waals surface area (Å²) in [6.07, 6.45) is 7.10. The van der Waals surface area contributed by atoms with Crippen molar-refractivity contribution in [3.05, 3.63) is 29.6 Å². The Bertz CT molecular complexity index is 605. The van der Waals surface area contributed by atoms with E-state index in [1.807, 2.05) is 15.6 Å². The van der Waals surface area contributed by atoms with E-state index in [9.17, 15) is 9.59 Å². The van der Waals surface area contributed by atoms with Crippen molar-refractivity contribution in [1.82, 2.24) is 20.0 Å². The summed E-state index contributed by atoms with van der Waals surface area (Å²) >= 11 is 0. The molecule has 0 unspecified atom stereocenters. The quantitative estimate of drug-likeness (QED) is 0.854. The highest BCUT2D eigenvalue weighted by Crippen LogP contribution is 2.23. The fraction of sp³-hybridized carbons (Fsp3) is 0.562. The molecule has 1 aliphatic carbocycles. The molecule has 0 saturated heterocycles. The molecule has 2 amide bonds. The zero-order valence-electron chi connectivity index (χ0n) is 12.9. The summed E-state index contributed by atoms with van der Waals surface area (Å²) in [6.45, 7) is 3.99. The van der Waals surface area contributed by atoms with Gasteiger partial charge in [-0.3, -0.25) is 14.3 Å². The first-order chi connectivity index (χ1) is 10.6. The van der Waals surface area contributed by atoms with Crippen LogP contribution in [0.5, 0.6) is 0 Å².